The third-order valence-corrected chi connectivity index (χ3v) is 4.06. The maximum absolute atomic E-state index is 11.0. The fourth-order valence-electron chi connectivity index (χ4n) is 2.92. The Morgan fingerprint density at radius 3 is 2.47 bits per heavy atom. The van der Waals surface area contributed by atoms with Crippen LogP contribution in [-0.4, -0.2) is 22.9 Å². The van der Waals surface area contributed by atoms with E-state index < -0.39 is 0 Å². The highest BCUT2D eigenvalue weighted by molar-refractivity contribution is 5.39. The van der Waals surface area contributed by atoms with Gasteiger partial charge in [-0.1, -0.05) is 43.9 Å². The van der Waals surface area contributed by atoms with Crippen molar-refractivity contribution >= 4 is 5.69 Å². The van der Waals surface area contributed by atoms with Crippen molar-refractivity contribution in [2.24, 2.45) is 0 Å². The molecule has 0 amide bonds. The lowest BCUT2D eigenvalue weighted by Crippen LogP contribution is -2.30. The molecule has 0 N–H and O–H groups in total. The second-order valence-corrected chi connectivity index (χ2v) is 5.45. The molecule has 104 valence electrons. The Labute approximate surface area is 114 Å². The van der Waals surface area contributed by atoms with Crippen molar-refractivity contribution in [3.8, 4) is 0 Å². The lowest BCUT2D eigenvalue weighted by atomic mass is 10.1. The van der Waals surface area contributed by atoms with Crippen LogP contribution < -0.4 is 0 Å². The zero-order chi connectivity index (χ0) is 13.7. The summed E-state index contributed by atoms with van der Waals surface area (Å²) < 4.78 is 0. The maximum atomic E-state index is 11.0. The van der Waals surface area contributed by atoms with Gasteiger partial charge in [0.1, 0.15) is 0 Å². The highest BCUT2D eigenvalue weighted by Crippen LogP contribution is 2.25. The van der Waals surface area contributed by atoms with E-state index in [-0.39, 0.29) is 10.6 Å². The van der Waals surface area contributed by atoms with Crippen LogP contribution in [0.4, 0.5) is 5.69 Å². The minimum Gasteiger partial charge on any atom is -0.299 e. The normalized spacial score (nSPS) is 17.4. The molecule has 1 aromatic carbocycles. The summed E-state index contributed by atoms with van der Waals surface area (Å²) in [5, 5.41) is 11.0. The number of benzene rings is 1. The lowest BCUT2D eigenvalue weighted by Gasteiger charge is -2.26. The van der Waals surface area contributed by atoms with E-state index in [1.165, 1.54) is 38.5 Å². The van der Waals surface area contributed by atoms with Crippen LogP contribution in [0.2, 0.25) is 0 Å². The first-order valence-corrected chi connectivity index (χ1v) is 7.11. The van der Waals surface area contributed by atoms with Crippen molar-refractivity contribution in [2.75, 3.05) is 7.05 Å². The van der Waals surface area contributed by atoms with E-state index in [0.717, 1.165) is 5.56 Å². The highest BCUT2D eigenvalue weighted by Gasteiger charge is 2.20. The summed E-state index contributed by atoms with van der Waals surface area (Å²) in [5.41, 5.74) is 1.06. The van der Waals surface area contributed by atoms with Gasteiger partial charge in [-0.2, -0.15) is 0 Å². The fourth-order valence-corrected chi connectivity index (χ4v) is 2.92. The summed E-state index contributed by atoms with van der Waals surface area (Å²) in [4.78, 5) is 13.0. The largest absolute Gasteiger partial charge is 0.299 e. The van der Waals surface area contributed by atoms with Gasteiger partial charge in [0.15, 0.2) is 0 Å². The van der Waals surface area contributed by atoms with Gasteiger partial charge in [-0.05, 0) is 19.9 Å². The van der Waals surface area contributed by atoms with Crippen LogP contribution >= 0.6 is 0 Å². The third kappa shape index (κ3) is 3.77. The van der Waals surface area contributed by atoms with Gasteiger partial charge < -0.3 is 0 Å². The summed E-state index contributed by atoms with van der Waals surface area (Å²) in [7, 11) is 2.09. The number of nitro groups is 1. The molecule has 0 radical (unpaired) electrons. The average Bonchev–Trinajstić information content (AvgIpc) is 2.68. The van der Waals surface area contributed by atoms with Crippen molar-refractivity contribution in [1.29, 1.82) is 0 Å². The average molecular weight is 262 g/mol. The number of hydrogen-bond donors (Lipinski definition) is 0. The van der Waals surface area contributed by atoms with Crippen LogP contribution in [0, 0.1) is 10.1 Å². The summed E-state index contributed by atoms with van der Waals surface area (Å²) in [6.45, 7) is 0.668. The molecule has 1 fully saturated rings. The monoisotopic (exact) mass is 262 g/mol. The lowest BCUT2D eigenvalue weighted by molar-refractivity contribution is -0.385. The van der Waals surface area contributed by atoms with Crippen molar-refractivity contribution in [3.05, 3.63) is 39.9 Å². The van der Waals surface area contributed by atoms with Crippen molar-refractivity contribution < 1.29 is 4.92 Å². The SMILES string of the molecule is CN(Cc1ccccc1[N+](=O)[O-])C1CCCCCC1. The molecule has 0 spiro atoms. The van der Waals surface area contributed by atoms with E-state index in [1.807, 2.05) is 12.1 Å². The first kappa shape index (κ1) is 14.0. The van der Waals surface area contributed by atoms with E-state index in [1.54, 1.807) is 12.1 Å². The van der Waals surface area contributed by atoms with E-state index in [0.29, 0.717) is 12.6 Å². The molecule has 19 heavy (non-hydrogen) atoms. The molecular weight excluding hydrogens is 240 g/mol. The predicted octanol–water partition coefficient (Wildman–Crippen LogP) is 3.75. The van der Waals surface area contributed by atoms with Crippen LogP contribution in [0.25, 0.3) is 0 Å². The van der Waals surface area contributed by atoms with Crippen LogP contribution in [-0.2, 0) is 6.54 Å². The molecule has 0 bridgehead atoms. The Morgan fingerprint density at radius 2 is 1.84 bits per heavy atom. The van der Waals surface area contributed by atoms with E-state index in [2.05, 4.69) is 11.9 Å². The van der Waals surface area contributed by atoms with Gasteiger partial charge in [0, 0.05) is 24.2 Å². The molecule has 4 heteroatoms. The zero-order valence-electron chi connectivity index (χ0n) is 11.5. The molecule has 1 aromatic rings. The number of nitrogens with zero attached hydrogens (tertiary/aromatic N) is 2. The quantitative estimate of drug-likeness (QED) is 0.471. The molecule has 0 atom stereocenters. The summed E-state index contributed by atoms with van der Waals surface area (Å²) in [6.07, 6.45) is 7.66. The van der Waals surface area contributed by atoms with Gasteiger partial charge in [0.25, 0.3) is 5.69 Å². The van der Waals surface area contributed by atoms with Gasteiger partial charge >= 0.3 is 0 Å². The highest BCUT2D eigenvalue weighted by atomic mass is 16.6. The van der Waals surface area contributed by atoms with Gasteiger partial charge in [0.05, 0.1) is 4.92 Å². The second kappa shape index (κ2) is 6.66. The predicted molar refractivity (Wildman–Crippen MR) is 76.1 cm³/mol. The Balaban J connectivity index is 2.05. The molecule has 4 nitrogen and oxygen atoms in total. The summed E-state index contributed by atoms with van der Waals surface area (Å²) in [5.74, 6) is 0. The van der Waals surface area contributed by atoms with Gasteiger partial charge in [-0.25, -0.2) is 0 Å². The van der Waals surface area contributed by atoms with Crippen molar-refractivity contribution in [2.45, 2.75) is 51.1 Å². The smallest absolute Gasteiger partial charge is 0.273 e. The first-order chi connectivity index (χ1) is 9.18. The molecule has 0 unspecified atom stereocenters. The van der Waals surface area contributed by atoms with E-state index >= 15 is 0 Å². The standard InChI is InChI=1S/C15H22N2O2/c1-16(14-9-4-2-3-5-10-14)12-13-8-6-7-11-15(13)17(18)19/h6-8,11,14H,2-5,9-10,12H2,1H3. The summed E-state index contributed by atoms with van der Waals surface area (Å²) >= 11 is 0. The van der Waals surface area contributed by atoms with Crippen LogP contribution in [0.5, 0.6) is 0 Å². The Bertz CT molecular complexity index is 426. The molecule has 1 aliphatic carbocycles. The van der Waals surface area contributed by atoms with Crippen molar-refractivity contribution in [1.82, 2.24) is 4.90 Å². The Hall–Kier alpha value is -1.42. The van der Waals surface area contributed by atoms with Gasteiger partial charge in [-0.3, -0.25) is 15.0 Å². The van der Waals surface area contributed by atoms with Crippen molar-refractivity contribution in [3.63, 3.8) is 0 Å². The Kier molecular flexibility index (Phi) is 4.91. The number of para-hydroxylation sites is 1. The number of rotatable bonds is 4. The third-order valence-electron chi connectivity index (χ3n) is 4.06. The molecule has 0 saturated heterocycles. The zero-order valence-corrected chi connectivity index (χ0v) is 11.5. The molecular formula is C15H22N2O2. The molecule has 1 aliphatic rings. The van der Waals surface area contributed by atoms with Gasteiger partial charge in [0.2, 0.25) is 0 Å². The summed E-state index contributed by atoms with van der Waals surface area (Å²) in [6, 6.07) is 7.64. The minimum absolute atomic E-state index is 0.239. The molecule has 0 aromatic heterocycles. The van der Waals surface area contributed by atoms with Crippen LogP contribution in [0.1, 0.15) is 44.1 Å². The fraction of sp³-hybridized carbons (Fsp3) is 0.600. The number of nitro benzene ring substituents is 1. The number of hydrogen-bond acceptors (Lipinski definition) is 3. The van der Waals surface area contributed by atoms with Crippen LogP contribution in [0.15, 0.2) is 24.3 Å². The van der Waals surface area contributed by atoms with Gasteiger partial charge in [-0.15, -0.1) is 0 Å². The topological polar surface area (TPSA) is 46.4 Å². The maximum Gasteiger partial charge on any atom is 0.273 e. The minimum atomic E-state index is -0.281. The van der Waals surface area contributed by atoms with E-state index in [9.17, 15) is 10.1 Å². The molecule has 1 saturated carbocycles. The molecule has 2 rings (SSSR count). The Morgan fingerprint density at radius 1 is 1.21 bits per heavy atom. The van der Waals surface area contributed by atoms with E-state index in [4.69, 9.17) is 0 Å². The first-order valence-electron chi connectivity index (χ1n) is 7.11. The molecule has 0 aliphatic heterocycles. The molecule has 0 heterocycles. The second-order valence-electron chi connectivity index (χ2n) is 5.45. The van der Waals surface area contributed by atoms with Crippen LogP contribution in [0.3, 0.4) is 0 Å².